The van der Waals surface area contributed by atoms with E-state index in [1.54, 1.807) is 0 Å². The quantitative estimate of drug-likeness (QED) is 0.820. The molecular formula is C15H23N3O. The van der Waals surface area contributed by atoms with Crippen molar-refractivity contribution < 1.29 is 4.79 Å². The van der Waals surface area contributed by atoms with Gasteiger partial charge in [0.05, 0.1) is 5.56 Å². The standard InChI is InChI=1S/C15H23N3O/c1-2-10-18(11-12-6-5-9-17-12)14-8-4-3-7-13(14)15(16)19/h3-4,7-8,12,17H,2,5-6,9-11H2,1H3,(H2,16,19). The monoisotopic (exact) mass is 261 g/mol. The Hall–Kier alpha value is -1.55. The Bertz CT molecular complexity index is 427. The third-order valence-corrected chi connectivity index (χ3v) is 3.61. The van der Waals surface area contributed by atoms with Gasteiger partial charge in [-0.2, -0.15) is 0 Å². The highest BCUT2D eigenvalue weighted by Gasteiger charge is 2.20. The molecule has 0 spiro atoms. The lowest BCUT2D eigenvalue weighted by Crippen LogP contribution is -2.39. The van der Waals surface area contributed by atoms with Gasteiger partial charge in [-0.1, -0.05) is 19.1 Å². The summed E-state index contributed by atoms with van der Waals surface area (Å²) in [5.74, 6) is -0.351. The zero-order chi connectivity index (χ0) is 13.7. The summed E-state index contributed by atoms with van der Waals surface area (Å²) in [5.41, 5.74) is 7.06. The Balaban J connectivity index is 2.19. The number of rotatable bonds is 6. The minimum absolute atomic E-state index is 0.351. The van der Waals surface area contributed by atoms with Crippen LogP contribution in [0.15, 0.2) is 24.3 Å². The number of para-hydroxylation sites is 1. The summed E-state index contributed by atoms with van der Waals surface area (Å²) in [6, 6.07) is 8.15. The molecule has 19 heavy (non-hydrogen) atoms. The van der Waals surface area contributed by atoms with Crippen molar-refractivity contribution in [3.05, 3.63) is 29.8 Å². The van der Waals surface area contributed by atoms with Crippen molar-refractivity contribution in [2.45, 2.75) is 32.2 Å². The maximum absolute atomic E-state index is 11.5. The van der Waals surface area contributed by atoms with Gasteiger partial charge in [-0.25, -0.2) is 0 Å². The molecule has 0 bridgehead atoms. The van der Waals surface area contributed by atoms with E-state index >= 15 is 0 Å². The average Bonchev–Trinajstić information content (AvgIpc) is 2.91. The van der Waals surface area contributed by atoms with Gasteiger partial charge >= 0.3 is 0 Å². The van der Waals surface area contributed by atoms with Gasteiger partial charge in [0, 0.05) is 24.8 Å². The normalized spacial score (nSPS) is 18.5. The zero-order valence-corrected chi connectivity index (χ0v) is 11.6. The first-order valence-electron chi connectivity index (χ1n) is 7.09. The summed E-state index contributed by atoms with van der Waals surface area (Å²) in [6.45, 7) is 5.14. The molecule has 2 rings (SSSR count). The molecule has 1 atom stereocenters. The molecule has 1 heterocycles. The Morgan fingerprint density at radius 3 is 2.89 bits per heavy atom. The van der Waals surface area contributed by atoms with E-state index in [2.05, 4.69) is 17.1 Å². The number of nitrogens with one attached hydrogen (secondary N) is 1. The molecular weight excluding hydrogens is 238 g/mol. The molecule has 0 radical (unpaired) electrons. The summed E-state index contributed by atoms with van der Waals surface area (Å²) in [4.78, 5) is 13.8. The second-order valence-electron chi connectivity index (χ2n) is 5.12. The van der Waals surface area contributed by atoms with Crippen LogP contribution in [0.25, 0.3) is 0 Å². The molecule has 1 aliphatic heterocycles. The van der Waals surface area contributed by atoms with Gasteiger partial charge < -0.3 is 16.0 Å². The van der Waals surface area contributed by atoms with Crippen LogP contribution in [0.3, 0.4) is 0 Å². The van der Waals surface area contributed by atoms with Crippen molar-refractivity contribution in [2.24, 2.45) is 5.73 Å². The van der Waals surface area contributed by atoms with Gasteiger partial charge in [-0.15, -0.1) is 0 Å². The van der Waals surface area contributed by atoms with Crippen LogP contribution >= 0.6 is 0 Å². The van der Waals surface area contributed by atoms with E-state index in [1.807, 2.05) is 24.3 Å². The van der Waals surface area contributed by atoms with E-state index in [0.717, 1.165) is 31.7 Å². The molecule has 1 saturated heterocycles. The molecule has 0 aromatic heterocycles. The number of primary amides is 1. The van der Waals surface area contributed by atoms with Crippen molar-refractivity contribution in [3.63, 3.8) is 0 Å². The SMILES string of the molecule is CCCN(CC1CCCN1)c1ccccc1C(N)=O. The van der Waals surface area contributed by atoms with Gasteiger partial charge in [0.1, 0.15) is 0 Å². The Morgan fingerprint density at radius 1 is 1.47 bits per heavy atom. The Morgan fingerprint density at radius 2 is 2.26 bits per heavy atom. The number of carbonyl (C=O) groups is 1. The van der Waals surface area contributed by atoms with Crippen molar-refractivity contribution >= 4 is 11.6 Å². The zero-order valence-electron chi connectivity index (χ0n) is 11.6. The fraction of sp³-hybridized carbons (Fsp3) is 0.533. The summed E-state index contributed by atoms with van der Waals surface area (Å²) in [5, 5.41) is 3.51. The number of carbonyl (C=O) groups excluding carboxylic acids is 1. The first kappa shape index (κ1) is 13.9. The molecule has 1 amide bonds. The van der Waals surface area contributed by atoms with Crippen molar-refractivity contribution in [3.8, 4) is 0 Å². The highest BCUT2D eigenvalue weighted by atomic mass is 16.1. The Kier molecular flexibility index (Phi) is 4.80. The van der Waals surface area contributed by atoms with Crippen LogP contribution in [0.2, 0.25) is 0 Å². The molecule has 4 heteroatoms. The van der Waals surface area contributed by atoms with E-state index in [4.69, 9.17) is 5.73 Å². The molecule has 0 aliphatic carbocycles. The highest BCUT2D eigenvalue weighted by molar-refractivity contribution is 5.98. The van der Waals surface area contributed by atoms with Crippen LogP contribution in [0.4, 0.5) is 5.69 Å². The van der Waals surface area contributed by atoms with E-state index < -0.39 is 0 Å². The molecule has 1 unspecified atom stereocenters. The van der Waals surface area contributed by atoms with Crippen molar-refractivity contribution in [1.29, 1.82) is 0 Å². The molecule has 1 aromatic rings. The maximum Gasteiger partial charge on any atom is 0.250 e. The number of nitrogens with zero attached hydrogens (tertiary/aromatic N) is 1. The highest BCUT2D eigenvalue weighted by Crippen LogP contribution is 2.21. The number of benzene rings is 1. The second kappa shape index (κ2) is 6.57. The number of amides is 1. The predicted octanol–water partition coefficient (Wildman–Crippen LogP) is 1.75. The average molecular weight is 261 g/mol. The van der Waals surface area contributed by atoms with E-state index in [1.165, 1.54) is 12.8 Å². The lowest BCUT2D eigenvalue weighted by atomic mass is 10.1. The summed E-state index contributed by atoms with van der Waals surface area (Å²) in [6.07, 6.45) is 3.50. The van der Waals surface area contributed by atoms with Gasteiger partial charge in [-0.05, 0) is 37.9 Å². The maximum atomic E-state index is 11.5. The molecule has 3 N–H and O–H groups in total. The smallest absolute Gasteiger partial charge is 0.250 e. The largest absolute Gasteiger partial charge is 0.369 e. The van der Waals surface area contributed by atoms with Crippen LogP contribution in [0.1, 0.15) is 36.5 Å². The fourth-order valence-electron chi connectivity index (χ4n) is 2.72. The Labute approximate surface area is 115 Å². The lowest BCUT2D eigenvalue weighted by molar-refractivity contribution is 0.100. The molecule has 4 nitrogen and oxygen atoms in total. The van der Waals surface area contributed by atoms with Crippen LogP contribution in [0, 0.1) is 0 Å². The van der Waals surface area contributed by atoms with Crippen LogP contribution < -0.4 is 16.0 Å². The van der Waals surface area contributed by atoms with Gasteiger partial charge in [0.15, 0.2) is 0 Å². The third-order valence-electron chi connectivity index (χ3n) is 3.61. The van der Waals surface area contributed by atoms with Gasteiger partial charge in [0.2, 0.25) is 0 Å². The first-order chi connectivity index (χ1) is 9.22. The number of anilines is 1. The van der Waals surface area contributed by atoms with Gasteiger partial charge in [0.25, 0.3) is 5.91 Å². The molecule has 0 saturated carbocycles. The summed E-state index contributed by atoms with van der Waals surface area (Å²) in [7, 11) is 0. The third kappa shape index (κ3) is 3.47. The number of hydrogen-bond donors (Lipinski definition) is 2. The first-order valence-corrected chi connectivity index (χ1v) is 7.09. The van der Waals surface area contributed by atoms with E-state index in [9.17, 15) is 4.79 Å². The minimum Gasteiger partial charge on any atom is -0.369 e. The van der Waals surface area contributed by atoms with Crippen LogP contribution in [-0.2, 0) is 0 Å². The molecule has 1 fully saturated rings. The van der Waals surface area contributed by atoms with Crippen LogP contribution in [-0.4, -0.2) is 31.6 Å². The van der Waals surface area contributed by atoms with Crippen LogP contribution in [0.5, 0.6) is 0 Å². The topological polar surface area (TPSA) is 58.4 Å². The van der Waals surface area contributed by atoms with Crippen molar-refractivity contribution in [2.75, 3.05) is 24.5 Å². The molecule has 104 valence electrons. The molecule has 1 aromatic carbocycles. The summed E-state index contributed by atoms with van der Waals surface area (Å²) >= 11 is 0. The molecule has 1 aliphatic rings. The minimum atomic E-state index is -0.351. The predicted molar refractivity (Wildman–Crippen MR) is 78.5 cm³/mol. The fourth-order valence-corrected chi connectivity index (χ4v) is 2.72. The van der Waals surface area contributed by atoms with E-state index in [-0.39, 0.29) is 5.91 Å². The lowest BCUT2D eigenvalue weighted by Gasteiger charge is -2.29. The van der Waals surface area contributed by atoms with Crippen molar-refractivity contribution in [1.82, 2.24) is 5.32 Å². The number of nitrogens with two attached hydrogens (primary N) is 1. The summed E-state index contributed by atoms with van der Waals surface area (Å²) < 4.78 is 0. The number of hydrogen-bond acceptors (Lipinski definition) is 3. The van der Waals surface area contributed by atoms with E-state index in [0.29, 0.717) is 11.6 Å². The van der Waals surface area contributed by atoms with Gasteiger partial charge in [-0.3, -0.25) is 4.79 Å². The second-order valence-corrected chi connectivity index (χ2v) is 5.12.